The van der Waals surface area contributed by atoms with Crippen molar-refractivity contribution in [3.63, 3.8) is 0 Å². The molecule has 0 fully saturated rings. The van der Waals surface area contributed by atoms with Crippen LogP contribution in [0.2, 0.25) is 0 Å². The van der Waals surface area contributed by atoms with E-state index in [2.05, 4.69) is 13.8 Å². The van der Waals surface area contributed by atoms with Crippen LogP contribution < -0.4 is 0 Å². The van der Waals surface area contributed by atoms with E-state index < -0.39 is 5.09 Å². The Labute approximate surface area is 54.6 Å². The zero-order valence-electron chi connectivity index (χ0n) is 5.79. The van der Waals surface area contributed by atoms with Gasteiger partial charge < -0.3 is 15.3 Å². The van der Waals surface area contributed by atoms with Gasteiger partial charge >= 0.3 is 0 Å². The Morgan fingerprint density at radius 3 is 1.44 bits per heavy atom. The summed E-state index contributed by atoms with van der Waals surface area (Å²) >= 11 is 0. The standard InChI is InChI=1S/C5H12.NO3/c1-3-5-4-2;2-1(3)4/h3-5H2,1-2H3;/q;-1. The molecule has 0 aromatic rings. The van der Waals surface area contributed by atoms with E-state index in [9.17, 15) is 0 Å². The molecule has 0 amide bonds. The van der Waals surface area contributed by atoms with Crippen LogP contribution >= 0.6 is 0 Å². The molecule has 0 aliphatic rings. The fourth-order valence-electron chi connectivity index (χ4n) is 0.354. The molecule has 0 saturated heterocycles. The van der Waals surface area contributed by atoms with Crippen LogP contribution in [-0.4, -0.2) is 5.09 Å². The fourth-order valence-corrected chi connectivity index (χ4v) is 0.354. The van der Waals surface area contributed by atoms with E-state index in [-0.39, 0.29) is 0 Å². The van der Waals surface area contributed by atoms with E-state index in [1.54, 1.807) is 0 Å². The zero-order valence-corrected chi connectivity index (χ0v) is 5.79. The van der Waals surface area contributed by atoms with Gasteiger partial charge in [0, 0.05) is 0 Å². The van der Waals surface area contributed by atoms with Gasteiger partial charge in [-0.1, -0.05) is 33.1 Å². The Morgan fingerprint density at radius 1 is 1.22 bits per heavy atom. The average molecular weight is 134 g/mol. The van der Waals surface area contributed by atoms with E-state index in [0.29, 0.717) is 0 Å². The summed E-state index contributed by atoms with van der Waals surface area (Å²) in [5.74, 6) is 0. The Kier molecular flexibility index (Phi) is 12.6. The lowest BCUT2D eigenvalue weighted by Gasteiger charge is -1.79. The van der Waals surface area contributed by atoms with Crippen molar-refractivity contribution >= 4 is 0 Å². The summed E-state index contributed by atoms with van der Waals surface area (Å²) in [4.78, 5) is 8.25. The molecular weight excluding hydrogens is 122 g/mol. The van der Waals surface area contributed by atoms with E-state index >= 15 is 0 Å². The second kappa shape index (κ2) is 10.2. The van der Waals surface area contributed by atoms with Crippen LogP contribution in [0.3, 0.4) is 0 Å². The van der Waals surface area contributed by atoms with E-state index in [0.717, 1.165) is 0 Å². The fraction of sp³-hybridized carbons (Fsp3) is 1.00. The quantitative estimate of drug-likeness (QED) is 0.428. The van der Waals surface area contributed by atoms with Crippen molar-refractivity contribution in [1.29, 1.82) is 0 Å². The van der Waals surface area contributed by atoms with Gasteiger partial charge in [0.15, 0.2) is 0 Å². The molecule has 0 aliphatic heterocycles. The molecule has 0 aromatic carbocycles. The number of nitrogens with zero attached hydrogens (tertiary/aromatic N) is 1. The van der Waals surface area contributed by atoms with Gasteiger partial charge in [0.05, 0.1) is 5.09 Å². The lowest BCUT2D eigenvalue weighted by Crippen LogP contribution is -1.74. The third-order valence-corrected chi connectivity index (χ3v) is 0.707. The first kappa shape index (κ1) is 11.1. The van der Waals surface area contributed by atoms with Crippen molar-refractivity contribution in [3.8, 4) is 0 Å². The maximum absolute atomic E-state index is 8.25. The Hall–Kier alpha value is -0.800. The summed E-state index contributed by atoms with van der Waals surface area (Å²) in [6.07, 6.45) is 4.08. The van der Waals surface area contributed by atoms with Gasteiger partial charge in [-0.05, 0) is 0 Å². The lowest BCUT2D eigenvalue weighted by molar-refractivity contribution is -0.402. The van der Waals surface area contributed by atoms with Crippen molar-refractivity contribution in [1.82, 2.24) is 0 Å². The van der Waals surface area contributed by atoms with Gasteiger partial charge in [-0.15, -0.1) is 0 Å². The summed E-state index contributed by atoms with van der Waals surface area (Å²) in [5, 5.41) is 14.8. The first-order valence-corrected chi connectivity index (χ1v) is 2.96. The van der Waals surface area contributed by atoms with Crippen LogP contribution in [0, 0.1) is 15.3 Å². The molecule has 4 heteroatoms. The van der Waals surface area contributed by atoms with Crippen molar-refractivity contribution in [3.05, 3.63) is 15.3 Å². The van der Waals surface area contributed by atoms with Gasteiger partial charge in [0.25, 0.3) is 0 Å². The molecule has 0 saturated carbocycles. The molecule has 0 spiro atoms. The van der Waals surface area contributed by atoms with E-state index in [4.69, 9.17) is 15.3 Å². The second-order valence-electron chi connectivity index (χ2n) is 1.58. The number of unbranched alkanes of at least 4 members (excludes halogenated alkanes) is 2. The Morgan fingerprint density at radius 2 is 1.44 bits per heavy atom. The summed E-state index contributed by atoms with van der Waals surface area (Å²) < 4.78 is 0. The first-order chi connectivity index (χ1) is 4.15. The molecule has 0 aromatic heterocycles. The second-order valence-corrected chi connectivity index (χ2v) is 1.58. The van der Waals surface area contributed by atoms with Gasteiger partial charge in [-0.3, -0.25) is 0 Å². The van der Waals surface area contributed by atoms with Crippen LogP contribution in [0.25, 0.3) is 0 Å². The minimum absolute atomic E-state index is 1.34. The maximum Gasteiger partial charge on any atom is 0.0689 e. The van der Waals surface area contributed by atoms with Crippen molar-refractivity contribution < 1.29 is 5.09 Å². The summed E-state index contributed by atoms with van der Waals surface area (Å²) in [6, 6.07) is 0. The molecule has 0 bridgehead atoms. The third kappa shape index (κ3) is 135. The highest BCUT2D eigenvalue weighted by Gasteiger charge is 1.68. The van der Waals surface area contributed by atoms with E-state index in [1.807, 2.05) is 0 Å². The molecule has 0 unspecified atom stereocenters. The summed E-state index contributed by atoms with van der Waals surface area (Å²) in [7, 11) is 0. The van der Waals surface area contributed by atoms with Crippen molar-refractivity contribution in [2.75, 3.05) is 0 Å². The van der Waals surface area contributed by atoms with Crippen LogP contribution in [-0.2, 0) is 0 Å². The molecule has 0 radical (unpaired) electrons. The SMILES string of the molecule is CCCCC.O=[N+]([O-])[O-]. The van der Waals surface area contributed by atoms with Crippen LogP contribution in [0.15, 0.2) is 0 Å². The normalized spacial score (nSPS) is 7.33. The van der Waals surface area contributed by atoms with Gasteiger partial charge in [0.1, 0.15) is 0 Å². The predicted octanol–water partition coefficient (Wildman–Crippen LogP) is 1.96. The van der Waals surface area contributed by atoms with Crippen LogP contribution in [0.4, 0.5) is 0 Å². The zero-order chi connectivity index (χ0) is 7.70. The van der Waals surface area contributed by atoms with Gasteiger partial charge in [-0.2, -0.15) is 0 Å². The number of hydrogen-bond donors (Lipinski definition) is 0. The topological polar surface area (TPSA) is 66.2 Å². The van der Waals surface area contributed by atoms with Crippen molar-refractivity contribution in [2.24, 2.45) is 0 Å². The molecule has 0 atom stereocenters. The molecular formula is C5H12NO3-. The van der Waals surface area contributed by atoms with Gasteiger partial charge in [0.2, 0.25) is 0 Å². The minimum atomic E-state index is -1.75. The lowest BCUT2D eigenvalue weighted by atomic mass is 10.3. The average Bonchev–Trinajstić information content (AvgIpc) is 1.66. The largest absolute Gasteiger partial charge is 0.356 e. The summed E-state index contributed by atoms with van der Waals surface area (Å²) in [5.41, 5.74) is 0. The minimum Gasteiger partial charge on any atom is -0.356 e. The van der Waals surface area contributed by atoms with Crippen molar-refractivity contribution in [2.45, 2.75) is 33.1 Å². The molecule has 0 aliphatic carbocycles. The molecule has 0 N–H and O–H groups in total. The molecule has 4 nitrogen and oxygen atoms in total. The molecule has 0 heterocycles. The molecule has 0 rings (SSSR count). The maximum atomic E-state index is 8.25. The number of rotatable bonds is 2. The monoisotopic (exact) mass is 134 g/mol. The smallest absolute Gasteiger partial charge is 0.0689 e. The first-order valence-electron chi connectivity index (χ1n) is 2.96. The Bertz CT molecular complexity index is 59.2. The van der Waals surface area contributed by atoms with E-state index in [1.165, 1.54) is 19.3 Å². The molecule has 56 valence electrons. The van der Waals surface area contributed by atoms with Crippen LogP contribution in [0.5, 0.6) is 0 Å². The highest BCUT2D eigenvalue weighted by atomic mass is 16.9. The van der Waals surface area contributed by atoms with Gasteiger partial charge in [-0.25, -0.2) is 0 Å². The predicted molar refractivity (Wildman–Crippen MR) is 35.6 cm³/mol. The molecule has 9 heavy (non-hydrogen) atoms. The highest BCUT2D eigenvalue weighted by molar-refractivity contribution is 4.24. The summed E-state index contributed by atoms with van der Waals surface area (Å²) in [6.45, 7) is 4.42. The third-order valence-electron chi connectivity index (χ3n) is 0.707. The Balaban J connectivity index is 0. The highest BCUT2D eigenvalue weighted by Crippen LogP contribution is 1.88. The number of hydrogen-bond acceptors (Lipinski definition) is 3. The van der Waals surface area contributed by atoms with Crippen LogP contribution in [0.1, 0.15) is 33.1 Å².